The molecule has 0 radical (unpaired) electrons. The van der Waals surface area contributed by atoms with Crippen molar-refractivity contribution in [1.29, 1.82) is 0 Å². The average Bonchev–Trinajstić information content (AvgIpc) is 2.37. The van der Waals surface area contributed by atoms with Crippen LogP contribution < -0.4 is 5.32 Å². The molecule has 0 saturated heterocycles. The summed E-state index contributed by atoms with van der Waals surface area (Å²) < 4.78 is 0. The monoisotopic (exact) mass is 241 g/mol. The maximum Gasteiger partial charge on any atom is 0.0294 e. The summed E-state index contributed by atoms with van der Waals surface area (Å²) >= 11 is 0. The Morgan fingerprint density at radius 3 is 2.17 bits per heavy atom. The van der Waals surface area contributed by atoms with Crippen LogP contribution in [0.25, 0.3) is 10.8 Å². The van der Waals surface area contributed by atoms with Crippen LogP contribution in [0.15, 0.2) is 42.5 Å². The van der Waals surface area contributed by atoms with Gasteiger partial charge in [0.05, 0.1) is 0 Å². The summed E-state index contributed by atoms with van der Waals surface area (Å²) in [6.07, 6.45) is 0. The Balaban J connectivity index is 2.20. The van der Waals surface area contributed by atoms with Crippen LogP contribution in [0.5, 0.6) is 0 Å². The highest BCUT2D eigenvalue weighted by molar-refractivity contribution is 5.83. The fraction of sp³-hybridized carbons (Fsp3) is 0.412. The summed E-state index contributed by atoms with van der Waals surface area (Å²) in [5.74, 6) is 0.660. The molecule has 0 saturated carbocycles. The van der Waals surface area contributed by atoms with Gasteiger partial charge in [-0.2, -0.15) is 0 Å². The Morgan fingerprint density at radius 1 is 0.833 bits per heavy atom. The maximum absolute atomic E-state index is 3.66. The van der Waals surface area contributed by atoms with E-state index in [-0.39, 0.29) is 0 Å². The highest BCUT2D eigenvalue weighted by Crippen LogP contribution is 2.21. The van der Waals surface area contributed by atoms with Crippen LogP contribution >= 0.6 is 0 Å². The predicted octanol–water partition coefficient (Wildman–Crippen LogP) is 4.53. The number of benzene rings is 2. The van der Waals surface area contributed by atoms with Gasteiger partial charge in [0.15, 0.2) is 0 Å². The fourth-order valence-corrected chi connectivity index (χ4v) is 2.16. The smallest absolute Gasteiger partial charge is 0.0294 e. The van der Waals surface area contributed by atoms with Crippen molar-refractivity contribution in [2.45, 2.75) is 39.8 Å². The van der Waals surface area contributed by atoms with Crippen LogP contribution in [0.1, 0.15) is 39.3 Å². The number of hydrogen-bond donors (Lipinski definition) is 1. The number of nitrogens with one attached hydrogen (secondary N) is 1. The second-order valence-electron chi connectivity index (χ2n) is 5.53. The van der Waals surface area contributed by atoms with Crippen LogP contribution in [0, 0.1) is 5.92 Å². The predicted molar refractivity (Wildman–Crippen MR) is 79.8 cm³/mol. The molecule has 2 atom stereocenters. The SMILES string of the molecule is CC(NC(C)C(C)C)c1ccc2ccccc2c1. The summed E-state index contributed by atoms with van der Waals surface area (Å²) in [7, 11) is 0. The fourth-order valence-electron chi connectivity index (χ4n) is 2.16. The lowest BCUT2D eigenvalue weighted by Gasteiger charge is -2.23. The molecule has 2 aromatic carbocycles. The third-order valence-electron chi connectivity index (χ3n) is 3.79. The molecule has 1 heteroatoms. The zero-order valence-corrected chi connectivity index (χ0v) is 11.8. The summed E-state index contributed by atoms with van der Waals surface area (Å²) in [4.78, 5) is 0. The lowest BCUT2D eigenvalue weighted by Crippen LogP contribution is -2.32. The first-order valence-electron chi connectivity index (χ1n) is 6.82. The first-order valence-corrected chi connectivity index (χ1v) is 6.82. The highest BCUT2D eigenvalue weighted by atomic mass is 14.9. The van der Waals surface area contributed by atoms with Crippen molar-refractivity contribution in [3.63, 3.8) is 0 Å². The Hall–Kier alpha value is -1.34. The Morgan fingerprint density at radius 2 is 1.50 bits per heavy atom. The van der Waals surface area contributed by atoms with Crippen molar-refractivity contribution in [2.75, 3.05) is 0 Å². The van der Waals surface area contributed by atoms with E-state index in [1.54, 1.807) is 0 Å². The molecule has 18 heavy (non-hydrogen) atoms. The number of hydrogen-bond acceptors (Lipinski definition) is 1. The minimum Gasteiger partial charge on any atom is -0.307 e. The molecule has 0 amide bonds. The van der Waals surface area contributed by atoms with Gasteiger partial charge in [-0.05, 0) is 42.2 Å². The third-order valence-corrected chi connectivity index (χ3v) is 3.79. The van der Waals surface area contributed by atoms with Crippen molar-refractivity contribution < 1.29 is 0 Å². The van der Waals surface area contributed by atoms with E-state index in [9.17, 15) is 0 Å². The molecule has 1 N–H and O–H groups in total. The lowest BCUT2D eigenvalue weighted by molar-refractivity contribution is 0.389. The molecule has 2 rings (SSSR count). The van der Waals surface area contributed by atoms with Crippen LogP contribution in [0.4, 0.5) is 0 Å². The van der Waals surface area contributed by atoms with E-state index in [0.29, 0.717) is 18.0 Å². The van der Waals surface area contributed by atoms with Crippen LogP contribution in [0.2, 0.25) is 0 Å². The maximum atomic E-state index is 3.66. The zero-order valence-electron chi connectivity index (χ0n) is 11.8. The average molecular weight is 241 g/mol. The number of fused-ring (bicyclic) bond motifs is 1. The Bertz CT molecular complexity index is 516. The minimum atomic E-state index is 0.395. The van der Waals surface area contributed by atoms with E-state index in [2.05, 4.69) is 75.5 Å². The molecule has 0 aliphatic rings. The lowest BCUT2D eigenvalue weighted by atomic mass is 10.0. The Kier molecular flexibility index (Phi) is 4.03. The second-order valence-corrected chi connectivity index (χ2v) is 5.53. The van der Waals surface area contributed by atoms with Crippen molar-refractivity contribution in [1.82, 2.24) is 5.32 Å². The molecule has 0 spiro atoms. The van der Waals surface area contributed by atoms with E-state index in [4.69, 9.17) is 0 Å². The molecular weight excluding hydrogens is 218 g/mol. The van der Waals surface area contributed by atoms with Gasteiger partial charge in [0.25, 0.3) is 0 Å². The van der Waals surface area contributed by atoms with Gasteiger partial charge >= 0.3 is 0 Å². The van der Waals surface area contributed by atoms with E-state index in [0.717, 1.165) is 0 Å². The normalized spacial score (nSPS) is 14.9. The molecule has 1 nitrogen and oxygen atoms in total. The number of rotatable bonds is 4. The molecule has 0 aromatic heterocycles. The summed E-state index contributed by atoms with van der Waals surface area (Å²) in [5, 5.41) is 6.29. The van der Waals surface area contributed by atoms with Gasteiger partial charge in [-0.15, -0.1) is 0 Å². The summed E-state index contributed by atoms with van der Waals surface area (Å²) in [6, 6.07) is 16.2. The Labute approximate surface area is 110 Å². The standard InChI is InChI=1S/C17H23N/c1-12(2)13(3)18-14(4)16-10-9-15-7-5-6-8-17(15)11-16/h5-14,18H,1-4H3. The first-order chi connectivity index (χ1) is 8.58. The zero-order chi connectivity index (χ0) is 13.1. The van der Waals surface area contributed by atoms with Gasteiger partial charge in [0.2, 0.25) is 0 Å². The third kappa shape index (κ3) is 2.91. The molecule has 0 bridgehead atoms. The van der Waals surface area contributed by atoms with Crippen molar-refractivity contribution in [3.05, 3.63) is 48.0 Å². The van der Waals surface area contributed by atoms with Gasteiger partial charge in [0, 0.05) is 12.1 Å². The first kappa shape index (κ1) is 13.1. The van der Waals surface area contributed by atoms with E-state index >= 15 is 0 Å². The van der Waals surface area contributed by atoms with Crippen molar-refractivity contribution in [3.8, 4) is 0 Å². The van der Waals surface area contributed by atoms with E-state index in [1.165, 1.54) is 16.3 Å². The molecule has 0 fully saturated rings. The topological polar surface area (TPSA) is 12.0 Å². The summed E-state index contributed by atoms with van der Waals surface area (Å²) in [6.45, 7) is 9.00. The van der Waals surface area contributed by atoms with Crippen LogP contribution in [-0.2, 0) is 0 Å². The molecule has 96 valence electrons. The largest absolute Gasteiger partial charge is 0.307 e. The molecule has 2 aromatic rings. The molecule has 0 aliphatic carbocycles. The second kappa shape index (κ2) is 5.53. The van der Waals surface area contributed by atoms with Crippen LogP contribution in [-0.4, -0.2) is 6.04 Å². The summed E-state index contributed by atoms with van der Waals surface area (Å²) in [5.41, 5.74) is 1.36. The molecule has 0 aliphatic heterocycles. The quantitative estimate of drug-likeness (QED) is 0.829. The minimum absolute atomic E-state index is 0.395. The molecular formula is C17H23N. The molecule has 2 unspecified atom stereocenters. The van der Waals surface area contributed by atoms with Crippen molar-refractivity contribution in [2.24, 2.45) is 5.92 Å². The van der Waals surface area contributed by atoms with Gasteiger partial charge in [-0.1, -0.05) is 50.2 Å². The van der Waals surface area contributed by atoms with Crippen molar-refractivity contribution >= 4 is 10.8 Å². The van der Waals surface area contributed by atoms with Gasteiger partial charge in [-0.3, -0.25) is 0 Å². The highest BCUT2D eigenvalue weighted by Gasteiger charge is 2.12. The molecule has 0 heterocycles. The van der Waals surface area contributed by atoms with Crippen LogP contribution in [0.3, 0.4) is 0 Å². The van der Waals surface area contributed by atoms with Gasteiger partial charge < -0.3 is 5.32 Å². The van der Waals surface area contributed by atoms with Gasteiger partial charge in [0.1, 0.15) is 0 Å². The van der Waals surface area contributed by atoms with Gasteiger partial charge in [-0.25, -0.2) is 0 Å². The van der Waals surface area contributed by atoms with E-state index < -0.39 is 0 Å². The van der Waals surface area contributed by atoms with E-state index in [1.807, 2.05) is 0 Å².